The second-order valence-corrected chi connectivity index (χ2v) is 7.12. The molecule has 0 unspecified atom stereocenters. The number of hydrogen-bond acceptors (Lipinski definition) is 3. The van der Waals surface area contributed by atoms with Gasteiger partial charge in [0.2, 0.25) is 0 Å². The highest BCUT2D eigenvalue weighted by atomic mass is 32.1. The molecule has 0 saturated heterocycles. The Bertz CT molecular complexity index is 439. The molecule has 1 N–H and O–H groups in total. The Hall–Kier alpha value is -0.900. The molecule has 1 heterocycles. The first-order valence-electron chi connectivity index (χ1n) is 6.64. The van der Waals surface area contributed by atoms with Crippen LogP contribution in [0.15, 0.2) is 0 Å². The highest BCUT2D eigenvalue weighted by molar-refractivity contribution is 7.13. The molecule has 1 aliphatic carbocycles. The number of carbonyl (C=O) groups is 1. The third-order valence-electron chi connectivity index (χ3n) is 3.48. The zero-order chi connectivity index (χ0) is 13.3. The molecule has 100 valence electrons. The van der Waals surface area contributed by atoms with Crippen molar-refractivity contribution < 1.29 is 9.90 Å². The molecule has 2 rings (SSSR count). The van der Waals surface area contributed by atoms with Crippen LogP contribution in [-0.2, 0) is 5.41 Å². The number of nitrogens with zero attached hydrogens (tertiary/aromatic N) is 1. The summed E-state index contributed by atoms with van der Waals surface area (Å²) in [5, 5.41) is 10.3. The summed E-state index contributed by atoms with van der Waals surface area (Å²) in [5.41, 5.74) is 0.777. The minimum atomic E-state index is -0.816. The van der Waals surface area contributed by atoms with Gasteiger partial charge in [-0.15, -0.1) is 11.3 Å². The van der Waals surface area contributed by atoms with Crippen LogP contribution in [0.4, 0.5) is 0 Å². The minimum absolute atomic E-state index is 0.0677. The minimum Gasteiger partial charge on any atom is -0.477 e. The van der Waals surface area contributed by atoms with Gasteiger partial charge in [-0.1, -0.05) is 40.0 Å². The highest BCUT2D eigenvalue weighted by Gasteiger charge is 2.29. The molecule has 0 radical (unpaired) electrons. The molecule has 1 aromatic heterocycles. The van der Waals surface area contributed by atoms with Crippen molar-refractivity contribution in [2.24, 2.45) is 0 Å². The van der Waals surface area contributed by atoms with Gasteiger partial charge >= 0.3 is 5.97 Å². The van der Waals surface area contributed by atoms with Gasteiger partial charge in [-0.25, -0.2) is 9.78 Å². The number of aromatic nitrogens is 1. The second-order valence-electron chi connectivity index (χ2n) is 6.12. The van der Waals surface area contributed by atoms with E-state index in [1.54, 1.807) is 0 Å². The summed E-state index contributed by atoms with van der Waals surface area (Å²) in [4.78, 5) is 16.5. The number of hydrogen-bond donors (Lipinski definition) is 1. The van der Waals surface area contributed by atoms with E-state index in [0.29, 0.717) is 10.8 Å². The first kappa shape index (κ1) is 13.5. The molecule has 0 amide bonds. The lowest BCUT2D eigenvalue weighted by Crippen LogP contribution is -2.12. The molecule has 1 saturated carbocycles. The Morgan fingerprint density at radius 3 is 2.39 bits per heavy atom. The summed E-state index contributed by atoms with van der Waals surface area (Å²) < 4.78 is 0. The topological polar surface area (TPSA) is 50.2 Å². The predicted octanol–water partition coefficient (Wildman–Crippen LogP) is 4.19. The van der Waals surface area contributed by atoms with Crippen LogP contribution < -0.4 is 0 Å². The lowest BCUT2D eigenvalue weighted by Gasteiger charge is -2.20. The summed E-state index contributed by atoms with van der Waals surface area (Å²) in [6.45, 7) is 6.26. The van der Waals surface area contributed by atoms with E-state index < -0.39 is 5.97 Å². The quantitative estimate of drug-likeness (QED) is 0.874. The van der Waals surface area contributed by atoms with Crippen molar-refractivity contribution in [2.75, 3.05) is 0 Å². The summed E-state index contributed by atoms with van der Waals surface area (Å²) in [7, 11) is 0. The Balaban J connectivity index is 2.38. The predicted molar refractivity (Wildman–Crippen MR) is 73.6 cm³/mol. The lowest BCUT2D eigenvalue weighted by molar-refractivity contribution is 0.0700. The van der Waals surface area contributed by atoms with Crippen LogP contribution in [0.5, 0.6) is 0 Å². The van der Waals surface area contributed by atoms with Crippen molar-refractivity contribution in [1.29, 1.82) is 0 Å². The molecule has 0 bridgehead atoms. The van der Waals surface area contributed by atoms with E-state index in [0.717, 1.165) is 23.5 Å². The Morgan fingerprint density at radius 1 is 1.28 bits per heavy atom. The van der Waals surface area contributed by atoms with Gasteiger partial charge in [-0.05, 0) is 12.8 Å². The Labute approximate surface area is 112 Å². The van der Waals surface area contributed by atoms with E-state index in [4.69, 9.17) is 0 Å². The highest BCUT2D eigenvalue weighted by Crippen LogP contribution is 2.38. The fourth-order valence-electron chi connectivity index (χ4n) is 2.46. The van der Waals surface area contributed by atoms with E-state index >= 15 is 0 Å². The van der Waals surface area contributed by atoms with Crippen molar-refractivity contribution in [2.45, 2.75) is 64.2 Å². The van der Waals surface area contributed by atoms with Crippen LogP contribution in [0.25, 0.3) is 0 Å². The molecule has 3 nitrogen and oxygen atoms in total. The first-order chi connectivity index (χ1) is 8.39. The average Bonchev–Trinajstić information content (AvgIpc) is 2.74. The van der Waals surface area contributed by atoms with E-state index in [1.165, 1.54) is 30.6 Å². The van der Waals surface area contributed by atoms with Gasteiger partial charge in [0.15, 0.2) is 0 Å². The molecule has 0 spiro atoms. The third-order valence-corrected chi connectivity index (χ3v) is 4.97. The van der Waals surface area contributed by atoms with Crippen LogP contribution in [-0.4, -0.2) is 16.1 Å². The normalized spacial score (nSPS) is 17.9. The van der Waals surface area contributed by atoms with E-state index in [-0.39, 0.29) is 5.41 Å². The lowest BCUT2D eigenvalue weighted by atomic mass is 9.86. The van der Waals surface area contributed by atoms with Crippen LogP contribution in [0.3, 0.4) is 0 Å². The standard InChI is InChI=1S/C14H21NO2S/c1-14(2,3)13-15-10(11(18-13)12(16)17)9-7-5-4-6-8-9/h9H,4-8H2,1-3H3,(H,16,17). The zero-order valence-corrected chi connectivity index (χ0v) is 12.1. The Morgan fingerprint density at radius 2 is 1.89 bits per heavy atom. The van der Waals surface area contributed by atoms with Crippen molar-refractivity contribution in [3.05, 3.63) is 15.6 Å². The van der Waals surface area contributed by atoms with Crippen LogP contribution in [0.1, 0.15) is 79.2 Å². The van der Waals surface area contributed by atoms with Crippen molar-refractivity contribution in [1.82, 2.24) is 4.98 Å². The van der Waals surface area contributed by atoms with Gasteiger partial charge in [0.05, 0.1) is 10.7 Å². The molecule has 0 aromatic carbocycles. The maximum absolute atomic E-state index is 11.4. The van der Waals surface area contributed by atoms with Gasteiger partial charge in [-0.3, -0.25) is 0 Å². The summed E-state index contributed by atoms with van der Waals surface area (Å²) in [5.74, 6) is -0.458. The van der Waals surface area contributed by atoms with E-state index in [9.17, 15) is 9.90 Å². The maximum Gasteiger partial charge on any atom is 0.347 e. The van der Waals surface area contributed by atoms with Gasteiger partial charge < -0.3 is 5.11 Å². The van der Waals surface area contributed by atoms with Crippen LogP contribution in [0, 0.1) is 0 Å². The number of aromatic carboxylic acids is 1. The van der Waals surface area contributed by atoms with Gasteiger partial charge in [0.25, 0.3) is 0 Å². The van der Waals surface area contributed by atoms with E-state index in [1.807, 2.05) is 0 Å². The number of rotatable bonds is 2. The van der Waals surface area contributed by atoms with Crippen molar-refractivity contribution in [3.8, 4) is 0 Å². The first-order valence-corrected chi connectivity index (χ1v) is 7.45. The van der Waals surface area contributed by atoms with Crippen molar-refractivity contribution >= 4 is 17.3 Å². The van der Waals surface area contributed by atoms with Crippen LogP contribution >= 0.6 is 11.3 Å². The average molecular weight is 267 g/mol. The number of carboxylic acid groups (broad SMARTS) is 1. The monoisotopic (exact) mass is 267 g/mol. The summed E-state index contributed by atoms with van der Waals surface area (Å²) >= 11 is 1.36. The summed E-state index contributed by atoms with van der Waals surface area (Å²) in [6, 6.07) is 0. The fraction of sp³-hybridized carbons (Fsp3) is 0.714. The largest absolute Gasteiger partial charge is 0.477 e. The smallest absolute Gasteiger partial charge is 0.347 e. The van der Waals surface area contributed by atoms with E-state index in [2.05, 4.69) is 25.8 Å². The Kier molecular flexibility index (Phi) is 3.76. The molecule has 4 heteroatoms. The molecular formula is C14H21NO2S. The maximum atomic E-state index is 11.4. The number of thiazole rings is 1. The second kappa shape index (κ2) is 5.00. The van der Waals surface area contributed by atoms with Gasteiger partial charge in [0.1, 0.15) is 4.88 Å². The molecule has 1 aromatic rings. The third kappa shape index (κ3) is 2.74. The SMILES string of the molecule is CC(C)(C)c1nc(C2CCCCC2)c(C(=O)O)s1. The fourth-order valence-corrected chi connectivity index (χ4v) is 3.51. The zero-order valence-electron chi connectivity index (χ0n) is 11.3. The number of carboxylic acids is 1. The van der Waals surface area contributed by atoms with Gasteiger partial charge in [0, 0.05) is 11.3 Å². The summed E-state index contributed by atoms with van der Waals surface area (Å²) in [6.07, 6.45) is 5.86. The molecule has 1 aliphatic rings. The van der Waals surface area contributed by atoms with Crippen LogP contribution in [0.2, 0.25) is 0 Å². The van der Waals surface area contributed by atoms with Gasteiger partial charge in [-0.2, -0.15) is 0 Å². The molecule has 18 heavy (non-hydrogen) atoms. The van der Waals surface area contributed by atoms with Crippen molar-refractivity contribution in [3.63, 3.8) is 0 Å². The molecular weight excluding hydrogens is 246 g/mol. The molecule has 0 atom stereocenters. The molecule has 0 aliphatic heterocycles. The molecule has 1 fully saturated rings.